The standard InChI is InChI=1S/C20H21NO/c22-20(19-11-5-9-16-7-3-4-10-18(16)19)21-13-12-15-6-1-2-8-17(15)14-21/h1-4,6-8,10,19H,5,9,11-14H2. The smallest absolute Gasteiger partial charge is 0.230 e. The van der Waals surface area contributed by atoms with Crippen LogP contribution in [0.25, 0.3) is 0 Å². The van der Waals surface area contributed by atoms with E-state index in [-0.39, 0.29) is 5.92 Å². The van der Waals surface area contributed by atoms with E-state index in [1.807, 2.05) is 0 Å². The van der Waals surface area contributed by atoms with Crippen LogP contribution in [0.3, 0.4) is 0 Å². The maximum Gasteiger partial charge on any atom is 0.230 e. The SMILES string of the molecule is O=C(C1CCCc2ccccc21)N1CCc2ccccc2C1. The van der Waals surface area contributed by atoms with Gasteiger partial charge in [-0.25, -0.2) is 0 Å². The Bertz CT molecular complexity index is 706. The molecule has 2 aromatic carbocycles. The van der Waals surface area contributed by atoms with Crippen LogP contribution in [0.1, 0.15) is 41.0 Å². The van der Waals surface area contributed by atoms with Gasteiger partial charge in [-0.15, -0.1) is 0 Å². The summed E-state index contributed by atoms with van der Waals surface area (Å²) in [4.78, 5) is 15.1. The van der Waals surface area contributed by atoms with E-state index >= 15 is 0 Å². The van der Waals surface area contributed by atoms with Crippen LogP contribution < -0.4 is 0 Å². The van der Waals surface area contributed by atoms with Gasteiger partial charge in [-0.3, -0.25) is 4.79 Å². The number of aryl methyl sites for hydroxylation is 1. The monoisotopic (exact) mass is 291 g/mol. The third kappa shape index (κ3) is 2.33. The summed E-state index contributed by atoms with van der Waals surface area (Å²) in [6.45, 7) is 1.63. The highest BCUT2D eigenvalue weighted by molar-refractivity contribution is 5.84. The van der Waals surface area contributed by atoms with Crippen molar-refractivity contribution in [3.05, 3.63) is 70.8 Å². The fourth-order valence-corrected chi connectivity index (χ4v) is 3.91. The van der Waals surface area contributed by atoms with E-state index in [9.17, 15) is 4.79 Å². The van der Waals surface area contributed by atoms with E-state index in [0.29, 0.717) is 5.91 Å². The quantitative estimate of drug-likeness (QED) is 0.784. The van der Waals surface area contributed by atoms with Crippen LogP contribution in [0, 0.1) is 0 Å². The predicted octanol–water partition coefficient (Wildman–Crippen LogP) is 3.69. The number of hydrogen-bond acceptors (Lipinski definition) is 1. The van der Waals surface area contributed by atoms with Crippen LogP contribution in [0.4, 0.5) is 0 Å². The maximum absolute atomic E-state index is 13.1. The molecule has 0 N–H and O–H groups in total. The molecular weight excluding hydrogens is 270 g/mol. The summed E-state index contributed by atoms with van der Waals surface area (Å²) in [7, 11) is 0. The molecular formula is C20H21NO. The Hall–Kier alpha value is -2.09. The first-order chi connectivity index (χ1) is 10.8. The molecule has 2 aromatic rings. The Morgan fingerprint density at radius 2 is 1.64 bits per heavy atom. The molecule has 0 spiro atoms. The van der Waals surface area contributed by atoms with Crippen LogP contribution in [0.2, 0.25) is 0 Å². The van der Waals surface area contributed by atoms with Crippen LogP contribution in [-0.2, 0) is 24.2 Å². The molecule has 1 aliphatic carbocycles. The van der Waals surface area contributed by atoms with Gasteiger partial charge in [-0.2, -0.15) is 0 Å². The number of nitrogens with zero attached hydrogens (tertiary/aromatic N) is 1. The average Bonchev–Trinajstić information content (AvgIpc) is 2.60. The fraction of sp³-hybridized carbons (Fsp3) is 0.350. The molecule has 0 saturated heterocycles. The molecule has 1 heterocycles. The van der Waals surface area contributed by atoms with E-state index in [0.717, 1.165) is 38.8 Å². The normalized spacial score (nSPS) is 20.2. The minimum Gasteiger partial charge on any atom is -0.338 e. The van der Waals surface area contributed by atoms with Crippen molar-refractivity contribution in [1.29, 1.82) is 0 Å². The number of benzene rings is 2. The zero-order valence-corrected chi connectivity index (χ0v) is 12.8. The summed E-state index contributed by atoms with van der Waals surface area (Å²) >= 11 is 0. The summed E-state index contributed by atoms with van der Waals surface area (Å²) < 4.78 is 0. The van der Waals surface area contributed by atoms with E-state index in [2.05, 4.69) is 53.4 Å². The van der Waals surface area contributed by atoms with Crippen molar-refractivity contribution < 1.29 is 4.79 Å². The molecule has 0 aromatic heterocycles. The topological polar surface area (TPSA) is 20.3 Å². The summed E-state index contributed by atoms with van der Waals surface area (Å²) in [5.74, 6) is 0.386. The molecule has 0 fully saturated rings. The van der Waals surface area contributed by atoms with Crippen LogP contribution in [-0.4, -0.2) is 17.4 Å². The molecule has 2 heteroatoms. The zero-order valence-electron chi connectivity index (χ0n) is 12.8. The second kappa shape index (κ2) is 5.60. The number of amides is 1. The Kier molecular flexibility index (Phi) is 3.45. The average molecular weight is 291 g/mol. The summed E-state index contributed by atoms with van der Waals surface area (Å²) in [6, 6.07) is 17.0. The van der Waals surface area contributed by atoms with Crippen molar-refractivity contribution in [2.75, 3.05) is 6.54 Å². The lowest BCUT2D eigenvalue weighted by atomic mass is 9.81. The molecule has 4 rings (SSSR count). The molecule has 1 amide bonds. The lowest BCUT2D eigenvalue weighted by Gasteiger charge is -2.34. The van der Waals surface area contributed by atoms with Gasteiger partial charge >= 0.3 is 0 Å². The van der Waals surface area contributed by atoms with Crippen LogP contribution in [0.5, 0.6) is 0 Å². The first kappa shape index (κ1) is 13.6. The van der Waals surface area contributed by atoms with Gasteiger partial charge < -0.3 is 4.90 Å². The number of fused-ring (bicyclic) bond motifs is 2. The van der Waals surface area contributed by atoms with Gasteiger partial charge in [0.1, 0.15) is 0 Å². The molecule has 2 aliphatic rings. The van der Waals surface area contributed by atoms with E-state index in [1.54, 1.807) is 0 Å². The van der Waals surface area contributed by atoms with E-state index in [4.69, 9.17) is 0 Å². The summed E-state index contributed by atoms with van der Waals surface area (Å²) in [5, 5.41) is 0. The lowest BCUT2D eigenvalue weighted by Crippen LogP contribution is -2.39. The van der Waals surface area contributed by atoms with E-state index < -0.39 is 0 Å². The largest absolute Gasteiger partial charge is 0.338 e. The van der Waals surface area contributed by atoms with Gasteiger partial charge in [-0.1, -0.05) is 48.5 Å². The van der Waals surface area contributed by atoms with Gasteiger partial charge in [0.2, 0.25) is 5.91 Å². The fourth-order valence-electron chi connectivity index (χ4n) is 3.91. The first-order valence-electron chi connectivity index (χ1n) is 8.26. The van der Waals surface area contributed by atoms with Gasteiger partial charge in [0.15, 0.2) is 0 Å². The van der Waals surface area contributed by atoms with Crippen molar-refractivity contribution in [3.63, 3.8) is 0 Å². The van der Waals surface area contributed by atoms with Crippen molar-refractivity contribution in [2.24, 2.45) is 0 Å². The lowest BCUT2D eigenvalue weighted by molar-refractivity contribution is -0.134. The number of hydrogen-bond donors (Lipinski definition) is 0. The third-order valence-electron chi connectivity index (χ3n) is 5.11. The predicted molar refractivity (Wildman–Crippen MR) is 87.7 cm³/mol. The highest BCUT2D eigenvalue weighted by Gasteiger charge is 2.31. The van der Waals surface area contributed by atoms with Crippen molar-refractivity contribution in [1.82, 2.24) is 4.90 Å². The van der Waals surface area contributed by atoms with Crippen molar-refractivity contribution in [2.45, 2.75) is 38.1 Å². The third-order valence-corrected chi connectivity index (χ3v) is 5.11. The molecule has 0 bridgehead atoms. The molecule has 22 heavy (non-hydrogen) atoms. The van der Waals surface area contributed by atoms with Gasteiger partial charge in [0.05, 0.1) is 5.92 Å². The number of rotatable bonds is 1. The highest BCUT2D eigenvalue weighted by Crippen LogP contribution is 2.34. The van der Waals surface area contributed by atoms with Gasteiger partial charge in [0.25, 0.3) is 0 Å². The summed E-state index contributed by atoms with van der Waals surface area (Å²) in [6.07, 6.45) is 4.21. The second-order valence-corrected chi connectivity index (χ2v) is 6.42. The number of carbonyl (C=O) groups is 1. The molecule has 2 nitrogen and oxygen atoms in total. The minimum atomic E-state index is 0.0650. The Balaban J connectivity index is 1.59. The zero-order chi connectivity index (χ0) is 14.9. The molecule has 0 radical (unpaired) electrons. The molecule has 1 aliphatic heterocycles. The maximum atomic E-state index is 13.1. The summed E-state index contributed by atoms with van der Waals surface area (Å²) in [5.41, 5.74) is 5.34. The van der Waals surface area contributed by atoms with Crippen LogP contribution >= 0.6 is 0 Å². The molecule has 112 valence electrons. The Morgan fingerprint density at radius 3 is 2.50 bits per heavy atom. The molecule has 1 unspecified atom stereocenters. The second-order valence-electron chi connectivity index (χ2n) is 6.42. The Labute approximate surface area is 131 Å². The first-order valence-corrected chi connectivity index (χ1v) is 8.26. The van der Waals surface area contributed by atoms with Gasteiger partial charge in [0, 0.05) is 13.1 Å². The Morgan fingerprint density at radius 1 is 0.909 bits per heavy atom. The molecule has 0 saturated carbocycles. The van der Waals surface area contributed by atoms with Gasteiger partial charge in [-0.05, 0) is 47.9 Å². The minimum absolute atomic E-state index is 0.0650. The van der Waals surface area contributed by atoms with Crippen molar-refractivity contribution >= 4 is 5.91 Å². The van der Waals surface area contributed by atoms with E-state index in [1.165, 1.54) is 22.3 Å². The molecule has 1 atom stereocenters. The van der Waals surface area contributed by atoms with Crippen LogP contribution in [0.15, 0.2) is 48.5 Å². The highest BCUT2D eigenvalue weighted by atomic mass is 16.2. The number of carbonyl (C=O) groups excluding carboxylic acids is 1. The van der Waals surface area contributed by atoms with Crippen molar-refractivity contribution in [3.8, 4) is 0 Å².